The Labute approximate surface area is 178 Å². The van der Waals surface area contributed by atoms with Crippen LogP contribution in [0.15, 0.2) is 93.3 Å². The Bertz CT molecular complexity index is 1180. The molecule has 150 valence electrons. The molecule has 0 N–H and O–H groups in total. The number of allylic oxidation sites excluding steroid dienone is 1. The molecule has 0 saturated heterocycles. The van der Waals surface area contributed by atoms with E-state index in [0.717, 1.165) is 5.56 Å². The number of rotatable bonds is 5. The first kappa shape index (κ1) is 19.8. The van der Waals surface area contributed by atoms with Crippen LogP contribution in [0.4, 0.5) is 4.39 Å². The van der Waals surface area contributed by atoms with Gasteiger partial charge in [-0.15, -0.1) is 0 Å². The third-order valence-corrected chi connectivity index (χ3v) is 4.75. The SMILES string of the molecule is C=C1C=NN(Cc2ncc(-c3ccc(Cl)cc3)o2)C=C1N=C(C)c1ccccc1F. The normalized spacial score (nSPS) is 14.2. The third kappa shape index (κ3) is 4.39. The summed E-state index contributed by atoms with van der Waals surface area (Å²) in [5.74, 6) is 0.820. The lowest BCUT2D eigenvalue weighted by atomic mass is 10.1. The molecule has 2 heterocycles. The number of aliphatic imine (C=N–C) groups is 1. The summed E-state index contributed by atoms with van der Waals surface area (Å²) in [4.78, 5) is 8.86. The second-order valence-electron chi connectivity index (χ2n) is 6.68. The monoisotopic (exact) mass is 420 g/mol. The van der Waals surface area contributed by atoms with Gasteiger partial charge in [-0.2, -0.15) is 5.10 Å². The van der Waals surface area contributed by atoms with Gasteiger partial charge in [0.25, 0.3) is 0 Å². The summed E-state index contributed by atoms with van der Waals surface area (Å²) in [6.07, 6.45) is 5.01. The van der Waals surface area contributed by atoms with Gasteiger partial charge in [0.15, 0.2) is 5.76 Å². The molecular weight excluding hydrogens is 403 g/mol. The van der Waals surface area contributed by atoms with Crippen LogP contribution in [0.5, 0.6) is 0 Å². The Morgan fingerprint density at radius 1 is 1.20 bits per heavy atom. The molecule has 4 rings (SSSR count). The molecular formula is C23H18ClFN4O. The van der Waals surface area contributed by atoms with E-state index in [9.17, 15) is 4.39 Å². The van der Waals surface area contributed by atoms with Gasteiger partial charge in [0.2, 0.25) is 5.89 Å². The van der Waals surface area contributed by atoms with Gasteiger partial charge in [-0.25, -0.2) is 9.37 Å². The van der Waals surface area contributed by atoms with Crippen molar-refractivity contribution in [3.8, 4) is 11.3 Å². The zero-order valence-electron chi connectivity index (χ0n) is 16.2. The minimum atomic E-state index is -0.319. The fraction of sp³-hybridized carbons (Fsp3) is 0.0870. The molecule has 0 unspecified atom stereocenters. The largest absolute Gasteiger partial charge is 0.439 e. The average Bonchev–Trinajstić information content (AvgIpc) is 3.20. The van der Waals surface area contributed by atoms with Crippen molar-refractivity contribution in [1.29, 1.82) is 0 Å². The third-order valence-electron chi connectivity index (χ3n) is 4.49. The van der Waals surface area contributed by atoms with E-state index >= 15 is 0 Å². The standard InChI is InChI=1S/C23H18ClFN4O/c1-15-11-27-29(13-21(15)28-16(2)19-5-3-4-6-20(19)25)14-23-26-12-22(30-23)17-7-9-18(24)10-8-17/h3-13H,1,14H2,2H3. The molecule has 0 amide bonds. The smallest absolute Gasteiger partial charge is 0.216 e. The number of hydrogen-bond donors (Lipinski definition) is 0. The second kappa shape index (κ2) is 8.47. The number of aromatic nitrogens is 1. The van der Waals surface area contributed by atoms with Crippen LogP contribution in [-0.4, -0.2) is 21.9 Å². The van der Waals surface area contributed by atoms with E-state index in [1.807, 2.05) is 12.1 Å². The molecule has 0 atom stereocenters. The van der Waals surface area contributed by atoms with E-state index in [4.69, 9.17) is 16.0 Å². The van der Waals surface area contributed by atoms with Crippen LogP contribution in [0.2, 0.25) is 5.02 Å². The van der Waals surface area contributed by atoms with Crippen LogP contribution in [0, 0.1) is 5.82 Å². The molecule has 7 heteroatoms. The van der Waals surface area contributed by atoms with Crippen molar-refractivity contribution in [2.24, 2.45) is 10.1 Å². The van der Waals surface area contributed by atoms with Gasteiger partial charge in [-0.1, -0.05) is 36.4 Å². The molecule has 3 aromatic rings. The Kier molecular flexibility index (Phi) is 5.59. The van der Waals surface area contributed by atoms with E-state index < -0.39 is 0 Å². The Morgan fingerprint density at radius 3 is 2.73 bits per heavy atom. The van der Waals surface area contributed by atoms with Crippen molar-refractivity contribution in [3.05, 3.63) is 101 Å². The molecule has 0 spiro atoms. The van der Waals surface area contributed by atoms with Crippen LogP contribution in [0.1, 0.15) is 18.4 Å². The van der Waals surface area contributed by atoms with E-state index in [1.165, 1.54) is 6.07 Å². The highest BCUT2D eigenvalue weighted by Crippen LogP contribution is 2.24. The molecule has 0 saturated carbocycles. The van der Waals surface area contributed by atoms with Crippen molar-refractivity contribution >= 4 is 23.5 Å². The number of benzene rings is 2. The molecule has 0 bridgehead atoms. The van der Waals surface area contributed by atoms with Crippen molar-refractivity contribution < 1.29 is 8.81 Å². The first-order valence-electron chi connectivity index (χ1n) is 9.22. The molecule has 5 nitrogen and oxygen atoms in total. The average molecular weight is 421 g/mol. The highest BCUT2D eigenvalue weighted by atomic mass is 35.5. The summed E-state index contributed by atoms with van der Waals surface area (Å²) in [5, 5.41) is 6.63. The predicted octanol–water partition coefficient (Wildman–Crippen LogP) is 5.84. The lowest BCUT2D eigenvalue weighted by Gasteiger charge is -2.18. The fourth-order valence-corrected chi connectivity index (χ4v) is 3.05. The van der Waals surface area contributed by atoms with Crippen LogP contribution >= 0.6 is 11.6 Å². The molecule has 2 aromatic carbocycles. The van der Waals surface area contributed by atoms with E-state index in [2.05, 4.69) is 21.7 Å². The molecule has 0 aliphatic carbocycles. The first-order chi connectivity index (χ1) is 14.5. The number of nitrogens with zero attached hydrogens (tertiary/aromatic N) is 4. The highest BCUT2D eigenvalue weighted by molar-refractivity contribution is 6.30. The van der Waals surface area contributed by atoms with Crippen molar-refractivity contribution in [2.75, 3.05) is 0 Å². The fourth-order valence-electron chi connectivity index (χ4n) is 2.92. The van der Waals surface area contributed by atoms with E-state index in [0.29, 0.717) is 45.8 Å². The number of halogens is 2. The lowest BCUT2D eigenvalue weighted by molar-refractivity contribution is 0.335. The van der Waals surface area contributed by atoms with Crippen molar-refractivity contribution in [3.63, 3.8) is 0 Å². The summed E-state index contributed by atoms with van der Waals surface area (Å²) < 4.78 is 19.9. The molecule has 1 aliphatic heterocycles. The predicted molar refractivity (Wildman–Crippen MR) is 117 cm³/mol. The highest BCUT2D eigenvalue weighted by Gasteiger charge is 2.15. The number of hydrazone groups is 1. The van der Waals surface area contributed by atoms with Gasteiger partial charge < -0.3 is 4.42 Å². The van der Waals surface area contributed by atoms with Gasteiger partial charge in [-0.3, -0.25) is 10.0 Å². The van der Waals surface area contributed by atoms with Crippen LogP contribution in [-0.2, 0) is 6.54 Å². The molecule has 0 fully saturated rings. The summed E-state index contributed by atoms with van der Waals surface area (Å²) in [6.45, 7) is 6.04. The van der Waals surface area contributed by atoms with Crippen LogP contribution in [0.3, 0.4) is 0 Å². The summed E-state index contributed by atoms with van der Waals surface area (Å²) in [7, 11) is 0. The van der Waals surface area contributed by atoms with E-state index in [-0.39, 0.29) is 5.82 Å². The second-order valence-corrected chi connectivity index (χ2v) is 7.12. The lowest BCUT2D eigenvalue weighted by Crippen LogP contribution is -2.16. The quantitative estimate of drug-likeness (QED) is 0.487. The van der Waals surface area contributed by atoms with Gasteiger partial charge in [0, 0.05) is 27.4 Å². The van der Waals surface area contributed by atoms with Gasteiger partial charge in [0.1, 0.15) is 12.4 Å². The number of hydrogen-bond acceptors (Lipinski definition) is 5. The molecule has 1 aliphatic rings. The Morgan fingerprint density at radius 2 is 1.97 bits per heavy atom. The minimum absolute atomic E-state index is 0.315. The molecule has 0 radical (unpaired) electrons. The zero-order valence-corrected chi connectivity index (χ0v) is 17.0. The van der Waals surface area contributed by atoms with Gasteiger partial charge >= 0.3 is 0 Å². The maximum Gasteiger partial charge on any atom is 0.216 e. The topological polar surface area (TPSA) is 54.0 Å². The van der Waals surface area contributed by atoms with Gasteiger partial charge in [0.05, 0.1) is 24.3 Å². The van der Waals surface area contributed by atoms with E-state index in [1.54, 1.807) is 60.9 Å². The first-order valence-corrected chi connectivity index (χ1v) is 9.60. The maximum absolute atomic E-state index is 14.0. The maximum atomic E-state index is 14.0. The van der Waals surface area contributed by atoms with Crippen molar-refractivity contribution in [2.45, 2.75) is 13.5 Å². The minimum Gasteiger partial charge on any atom is -0.439 e. The summed E-state index contributed by atoms with van der Waals surface area (Å²) >= 11 is 5.93. The van der Waals surface area contributed by atoms with Crippen LogP contribution in [0.25, 0.3) is 11.3 Å². The molecule has 30 heavy (non-hydrogen) atoms. The number of oxazole rings is 1. The summed E-state index contributed by atoms with van der Waals surface area (Å²) in [6, 6.07) is 13.9. The summed E-state index contributed by atoms with van der Waals surface area (Å²) in [5.41, 5.74) is 3.11. The van der Waals surface area contributed by atoms with Gasteiger partial charge in [-0.05, 0) is 37.3 Å². The Hall–Kier alpha value is -3.51. The van der Waals surface area contributed by atoms with Crippen molar-refractivity contribution in [1.82, 2.24) is 9.99 Å². The van der Waals surface area contributed by atoms with Crippen LogP contribution < -0.4 is 0 Å². The zero-order chi connectivity index (χ0) is 21.1. The Balaban J connectivity index is 1.53. The molecule has 1 aromatic heterocycles.